The third-order valence-corrected chi connectivity index (χ3v) is 4.32. The molecule has 0 aromatic rings. The van der Waals surface area contributed by atoms with Gasteiger partial charge in [0.1, 0.15) is 6.10 Å². The zero-order chi connectivity index (χ0) is 13.2. The van der Waals surface area contributed by atoms with Crippen LogP contribution in [-0.2, 0) is 23.8 Å². The molecule has 0 bridgehead atoms. The predicted octanol–water partition coefficient (Wildman–Crippen LogP) is 1.32. The summed E-state index contributed by atoms with van der Waals surface area (Å²) in [5.74, 6) is -0.733. The first-order valence-corrected chi connectivity index (χ1v) is 6.67. The molecule has 1 aliphatic rings. The van der Waals surface area contributed by atoms with Gasteiger partial charge in [-0.15, -0.1) is 0 Å². The largest absolute Gasteiger partial charge is 0.467 e. The minimum Gasteiger partial charge on any atom is -0.467 e. The van der Waals surface area contributed by atoms with E-state index in [0.29, 0.717) is 0 Å². The van der Waals surface area contributed by atoms with Crippen molar-refractivity contribution in [1.29, 1.82) is 0 Å². The highest BCUT2D eigenvalue weighted by atomic mass is 127. The molecule has 1 rings (SSSR count). The van der Waals surface area contributed by atoms with Crippen molar-refractivity contribution in [1.82, 2.24) is 0 Å². The molecule has 0 unspecified atom stereocenters. The first-order valence-electron chi connectivity index (χ1n) is 5.43. The van der Waals surface area contributed by atoms with E-state index in [1.165, 1.54) is 14.0 Å². The van der Waals surface area contributed by atoms with Crippen LogP contribution in [0.4, 0.5) is 0 Å². The molecule has 0 amide bonds. The maximum atomic E-state index is 11.6. The van der Waals surface area contributed by atoms with Gasteiger partial charge in [0.2, 0.25) is 0 Å². The molecule has 98 valence electrons. The number of carbonyl (C=O) groups is 2. The lowest BCUT2D eigenvalue weighted by molar-refractivity contribution is -0.182. The number of esters is 2. The number of hydrogen-bond acceptors (Lipinski definition) is 5. The van der Waals surface area contributed by atoms with Crippen LogP contribution in [0, 0.1) is 5.92 Å². The van der Waals surface area contributed by atoms with E-state index in [-0.39, 0.29) is 28.0 Å². The summed E-state index contributed by atoms with van der Waals surface area (Å²) in [6.45, 7) is 5.17. The molecule has 0 N–H and O–H groups in total. The summed E-state index contributed by atoms with van der Waals surface area (Å²) >= 11 is 2.07. The second-order valence-electron chi connectivity index (χ2n) is 4.16. The van der Waals surface area contributed by atoms with Gasteiger partial charge in [0, 0.05) is 12.8 Å². The molecule has 1 saturated heterocycles. The summed E-state index contributed by atoms with van der Waals surface area (Å²) in [5.41, 5.74) is 0. The molecule has 1 fully saturated rings. The fraction of sp³-hybridized carbons (Fsp3) is 0.818. The van der Waals surface area contributed by atoms with Gasteiger partial charge < -0.3 is 14.2 Å². The first kappa shape index (κ1) is 14.7. The van der Waals surface area contributed by atoms with Crippen molar-refractivity contribution in [2.24, 2.45) is 5.92 Å². The van der Waals surface area contributed by atoms with Crippen molar-refractivity contribution >= 4 is 34.5 Å². The Morgan fingerprint density at radius 1 is 1.29 bits per heavy atom. The monoisotopic (exact) mass is 356 g/mol. The molecular formula is C11H17IO5. The van der Waals surface area contributed by atoms with Crippen molar-refractivity contribution in [3.05, 3.63) is 0 Å². The van der Waals surface area contributed by atoms with Crippen LogP contribution < -0.4 is 0 Å². The van der Waals surface area contributed by atoms with Gasteiger partial charge in [-0.2, -0.15) is 0 Å². The first-order chi connectivity index (χ1) is 7.88. The molecule has 5 atom stereocenters. The summed E-state index contributed by atoms with van der Waals surface area (Å²) in [7, 11) is 1.32. The Balaban J connectivity index is 2.86. The minimum absolute atomic E-state index is 0.0432. The maximum absolute atomic E-state index is 11.6. The summed E-state index contributed by atoms with van der Waals surface area (Å²) in [6.07, 6.45) is -1.17. The van der Waals surface area contributed by atoms with Crippen molar-refractivity contribution in [2.45, 2.75) is 43.0 Å². The van der Waals surface area contributed by atoms with E-state index in [1.54, 1.807) is 0 Å². The fourth-order valence-electron chi connectivity index (χ4n) is 1.83. The number of halogens is 1. The number of alkyl halides is 1. The van der Waals surface area contributed by atoms with E-state index in [4.69, 9.17) is 9.47 Å². The Morgan fingerprint density at radius 3 is 2.35 bits per heavy atom. The molecule has 5 nitrogen and oxygen atoms in total. The van der Waals surface area contributed by atoms with Crippen molar-refractivity contribution in [3.63, 3.8) is 0 Å². The van der Waals surface area contributed by atoms with Gasteiger partial charge in [0.05, 0.1) is 17.1 Å². The van der Waals surface area contributed by atoms with E-state index in [2.05, 4.69) is 27.3 Å². The Labute approximate surface area is 114 Å². The van der Waals surface area contributed by atoms with Crippen LogP contribution in [0.15, 0.2) is 0 Å². The average Bonchev–Trinajstić information content (AvgIpc) is 2.28. The SMILES string of the molecule is COC(=O)[C@H]1O[C@H](C)[C@H](C)[C@@H](OC(C)=O)[C@@H]1I. The second-order valence-corrected chi connectivity index (χ2v) is 5.60. The summed E-state index contributed by atoms with van der Waals surface area (Å²) in [6, 6.07) is 0. The molecule has 0 aliphatic carbocycles. The number of methoxy groups -OCH3 is 1. The zero-order valence-corrected chi connectivity index (χ0v) is 12.5. The van der Waals surface area contributed by atoms with Crippen LogP contribution in [0.5, 0.6) is 0 Å². The highest BCUT2D eigenvalue weighted by Crippen LogP contribution is 2.33. The average molecular weight is 356 g/mol. The van der Waals surface area contributed by atoms with E-state index in [0.717, 1.165) is 0 Å². The third kappa shape index (κ3) is 3.31. The van der Waals surface area contributed by atoms with E-state index in [1.807, 2.05) is 13.8 Å². The Kier molecular flexibility index (Phi) is 5.18. The van der Waals surface area contributed by atoms with Crippen LogP contribution >= 0.6 is 22.6 Å². The van der Waals surface area contributed by atoms with E-state index < -0.39 is 12.1 Å². The van der Waals surface area contributed by atoms with Gasteiger partial charge in [-0.1, -0.05) is 29.5 Å². The molecule has 1 aliphatic heterocycles. The van der Waals surface area contributed by atoms with Crippen LogP contribution in [0.3, 0.4) is 0 Å². The van der Waals surface area contributed by atoms with Gasteiger partial charge in [-0.25, -0.2) is 4.79 Å². The molecule has 0 saturated carbocycles. The second kappa shape index (κ2) is 5.99. The van der Waals surface area contributed by atoms with Gasteiger partial charge in [0.25, 0.3) is 0 Å². The molecular weight excluding hydrogens is 339 g/mol. The number of ether oxygens (including phenoxy) is 3. The van der Waals surface area contributed by atoms with Crippen molar-refractivity contribution < 1.29 is 23.8 Å². The standard InChI is InChI=1S/C11H17IO5/c1-5-6(2)16-10(11(14)15-4)8(12)9(5)17-7(3)13/h5-6,8-10H,1-4H3/t5-,6+,8-,9+,10-/m0/s1. The summed E-state index contributed by atoms with van der Waals surface area (Å²) < 4.78 is 15.3. The normalized spacial score (nSPS) is 37.4. The van der Waals surface area contributed by atoms with E-state index in [9.17, 15) is 9.59 Å². The quantitative estimate of drug-likeness (QED) is 0.424. The topological polar surface area (TPSA) is 61.8 Å². The van der Waals surface area contributed by atoms with Crippen LogP contribution in [0.2, 0.25) is 0 Å². The Bertz CT molecular complexity index is 306. The number of rotatable bonds is 2. The van der Waals surface area contributed by atoms with Gasteiger partial charge in [-0.05, 0) is 6.92 Å². The van der Waals surface area contributed by atoms with Crippen molar-refractivity contribution in [3.8, 4) is 0 Å². The van der Waals surface area contributed by atoms with Crippen LogP contribution in [0.1, 0.15) is 20.8 Å². The lowest BCUT2D eigenvalue weighted by Gasteiger charge is -2.40. The van der Waals surface area contributed by atoms with E-state index >= 15 is 0 Å². The Morgan fingerprint density at radius 2 is 1.88 bits per heavy atom. The zero-order valence-electron chi connectivity index (χ0n) is 10.3. The van der Waals surface area contributed by atoms with Gasteiger partial charge >= 0.3 is 11.9 Å². The number of carbonyl (C=O) groups excluding carboxylic acids is 2. The van der Waals surface area contributed by atoms with Crippen molar-refractivity contribution in [2.75, 3.05) is 7.11 Å². The molecule has 0 aromatic heterocycles. The molecule has 0 radical (unpaired) electrons. The van der Waals surface area contributed by atoms with Crippen LogP contribution in [0.25, 0.3) is 0 Å². The number of hydrogen-bond donors (Lipinski definition) is 0. The lowest BCUT2D eigenvalue weighted by atomic mass is 9.91. The lowest BCUT2D eigenvalue weighted by Crippen LogP contribution is -2.54. The Hall–Kier alpha value is -0.370. The smallest absolute Gasteiger partial charge is 0.336 e. The minimum atomic E-state index is -0.684. The third-order valence-electron chi connectivity index (χ3n) is 2.96. The molecule has 1 heterocycles. The van der Waals surface area contributed by atoms with Crippen LogP contribution in [-0.4, -0.2) is 41.3 Å². The fourth-order valence-corrected chi connectivity index (χ4v) is 3.09. The predicted molar refractivity (Wildman–Crippen MR) is 68.9 cm³/mol. The molecule has 0 aromatic carbocycles. The highest BCUT2D eigenvalue weighted by Gasteiger charge is 2.46. The van der Waals surface area contributed by atoms with Gasteiger partial charge in [0.15, 0.2) is 6.10 Å². The molecule has 17 heavy (non-hydrogen) atoms. The highest BCUT2D eigenvalue weighted by molar-refractivity contribution is 14.1. The molecule has 0 spiro atoms. The van der Waals surface area contributed by atoms with Gasteiger partial charge in [-0.3, -0.25) is 4.79 Å². The molecule has 6 heteroatoms. The summed E-state index contributed by atoms with van der Waals surface area (Å²) in [4.78, 5) is 22.6. The maximum Gasteiger partial charge on any atom is 0.336 e. The summed E-state index contributed by atoms with van der Waals surface area (Å²) in [5, 5.41) is 0.